The summed E-state index contributed by atoms with van der Waals surface area (Å²) in [7, 11) is 1.60. The van der Waals surface area contributed by atoms with Crippen LogP contribution in [0.3, 0.4) is 0 Å². The highest BCUT2D eigenvalue weighted by Crippen LogP contribution is 2.03. The van der Waals surface area contributed by atoms with Crippen LogP contribution in [-0.4, -0.2) is 16.4 Å². The van der Waals surface area contributed by atoms with Crippen molar-refractivity contribution in [3.63, 3.8) is 0 Å². The van der Waals surface area contributed by atoms with Crippen molar-refractivity contribution in [2.24, 2.45) is 13.0 Å². The maximum absolute atomic E-state index is 11.0. The third kappa shape index (κ3) is 2.89. The standard InChI is InChI=1S/C9H14N2O2/c1-7(2)6-13-8-4-5-9(12)11(3)10-8/h4-5,7H,6H2,1-3H3. The molecule has 1 rings (SSSR count). The topological polar surface area (TPSA) is 44.1 Å². The average molecular weight is 182 g/mol. The van der Waals surface area contributed by atoms with E-state index in [4.69, 9.17) is 4.74 Å². The lowest BCUT2D eigenvalue weighted by Crippen LogP contribution is -2.19. The van der Waals surface area contributed by atoms with E-state index in [0.717, 1.165) is 0 Å². The van der Waals surface area contributed by atoms with Crippen molar-refractivity contribution >= 4 is 0 Å². The molecule has 0 atom stereocenters. The normalized spacial score (nSPS) is 10.5. The van der Waals surface area contributed by atoms with Gasteiger partial charge >= 0.3 is 0 Å². The summed E-state index contributed by atoms with van der Waals surface area (Å²) in [5.74, 6) is 0.954. The minimum atomic E-state index is -0.128. The molecule has 1 heterocycles. The molecule has 1 aromatic rings. The molecular weight excluding hydrogens is 168 g/mol. The van der Waals surface area contributed by atoms with Crippen LogP contribution in [0.5, 0.6) is 5.88 Å². The van der Waals surface area contributed by atoms with Gasteiger partial charge in [-0.2, -0.15) is 0 Å². The second kappa shape index (κ2) is 4.07. The predicted molar refractivity (Wildman–Crippen MR) is 49.8 cm³/mol. The average Bonchev–Trinajstić information content (AvgIpc) is 2.07. The lowest BCUT2D eigenvalue weighted by molar-refractivity contribution is 0.255. The number of ether oxygens (including phenoxy) is 1. The van der Waals surface area contributed by atoms with Crippen molar-refractivity contribution in [2.75, 3.05) is 6.61 Å². The van der Waals surface area contributed by atoms with Crippen LogP contribution < -0.4 is 10.3 Å². The van der Waals surface area contributed by atoms with Crippen molar-refractivity contribution in [3.05, 3.63) is 22.5 Å². The number of rotatable bonds is 3. The molecular formula is C9H14N2O2. The number of hydrogen-bond acceptors (Lipinski definition) is 3. The Balaban J connectivity index is 2.69. The zero-order valence-electron chi connectivity index (χ0n) is 8.15. The molecule has 72 valence electrons. The van der Waals surface area contributed by atoms with Gasteiger partial charge in [-0.3, -0.25) is 4.79 Å². The van der Waals surface area contributed by atoms with Crippen LogP contribution in [-0.2, 0) is 7.05 Å². The van der Waals surface area contributed by atoms with Gasteiger partial charge in [-0.25, -0.2) is 4.68 Å². The molecule has 0 spiro atoms. The third-order valence-corrected chi connectivity index (χ3v) is 1.50. The smallest absolute Gasteiger partial charge is 0.266 e. The van der Waals surface area contributed by atoms with Crippen LogP contribution in [0.1, 0.15) is 13.8 Å². The maximum atomic E-state index is 11.0. The van der Waals surface area contributed by atoms with Crippen molar-refractivity contribution < 1.29 is 4.74 Å². The molecule has 0 aliphatic heterocycles. The summed E-state index contributed by atoms with van der Waals surface area (Å²) in [5, 5.41) is 3.93. The Morgan fingerprint density at radius 1 is 1.54 bits per heavy atom. The highest BCUT2D eigenvalue weighted by Gasteiger charge is 1.99. The molecule has 1 aromatic heterocycles. The second-order valence-corrected chi connectivity index (χ2v) is 3.34. The zero-order chi connectivity index (χ0) is 9.84. The van der Waals surface area contributed by atoms with Crippen LogP contribution in [0.15, 0.2) is 16.9 Å². The monoisotopic (exact) mass is 182 g/mol. The molecule has 0 aliphatic rings. The van der Waals surface area contributed by atoms with Gasteiger partial charge in [0.15, 0.2) is 0 Å². The fourth-order valence-corrected chi connectivity index (χ4v) is 0.810. The minimum absolute atomic E-state index is 0.128. The zero-order valence-corrected chi connectivity index (χ0v) is 8.15. The van der Waals surface area contributed by atoms with E-state index in [9.17, 15) is 4.79 Å². The van der Waals surface area contributed by atoms with Gasteiger partial charge in [0.2, 0.25) is 5.88 Å². The van der Waals surface area contributed by atoms with Crippen molar-refractivity contribution in [1.29, 1.82) is 0 Å². The van der Waals surface area contributed by atoms with Gasteiger partial charge in [0.1, 0.15) is 0 Å². The summed E-state index contributed by atoms with van der Waals surface area (Å²) in [6.45, 7) is 4.73. The van der Waals surface area contributed by atoms with Crippen molar-refractivity contribution in [3.8, 4) is 5.88 Å². The Hall–Kier alpha value is -1.32. The van der Waals surface area contributed by atoms with E-state index in [2.05, 4.69) is 18.9 Å². The molecule has 0 bridgehead atoms. The molecule has 0 unspecified atom stereocenters. The SMILES string of the molecule is CC(C)COc1ccc(=O)n(C)n1. The van der Waals surface area contributed by atoms with E-state index in [-0.39, 0.29) is 5.56 Å². The Morgan fingerprint density at radius 3 is 2.77 bits per heavy atom. The van der Waals surface area contributed by atoms with Gasteiger partial charge in [0.25, 0.3) is 5.56 Å². The van der Waals surface area contributed by atoms with Crippen molar-refractivity contribution in [1.82, 2.24) is 9.78 Å². The highest BCUT2D eigenvalue weighted by atomic mass is 16.5. The quantitative estimate of drug-likeness (QED) is 0.695. The molecule has 0 aromatic carbocycles. The van der Waals surface area contributed by atoms with Gasteiger partial charge in [0.05, 0.1) is 6.61 Å². The van der Waals surface area contributed by atoms with E-state index in [1.54, 1.807) is 13.1 Å². The first-order chi connectivity index (χ1) is 6.09. The van der Waals surface area contributed by atoms with E-state index in [1.807, 2.05) is 0 Å². The van der Waals surface area contributed by atoms with Crippen LogP contribution in [0.2, 0.25) is 0 Å². The number of nitrogens with zero attached hydrogens (tertiary/aromatic N) is 2. The fourth-order valence-electron chi connectivity index (χ4n) is 0.810. The van der Waals surface area contributed by atoms with Crippen molar-refractivity contribution in [2.45, 2.75) is 13.8 Å². The van der Waals surface area contributed by atoms with E-state index < -0.39 is 0 Å². The lowest BCUT2D eigenvalue weighted by atomic mass is 10.2. The summed E-state index contributed by atoms with van der Waals surface area (Å²) in [5.41, 5.74) is -0.128. The summed E-state index contributed by atoms with van der Waals surface area (Å²) < 4.78 is 6.59. The van der Waals surface area contributed by atoms with Gasteiger partial charge in [-0.15, -0.1) is 5.10 Å². The lowest BCUT2D eigenvalue weighted by Gasteiger charge is -2.07. The Bertz CT molecular complexity index is 331. The predicted octanol–water partition coefficient (Wildman–Crippen LogP) is 0.815. The highest BCUT2D eigenvalue weighted by molar-refractivity contribution is 5.06. The number of aromatic nitrogens is 2. The summed E-state index contributed by atoms with van der Waals surface area (Å²) in [6, 6.07) is 3.04. The summed E-state index contributed by atoms with van der Waals surface area (Å²) in [6.07, 6.45) is 0. The van der Waals surface area contributed by atoms with Crippen LogP contribution >= 0.6 is 0 Å². The Kier molecular flexibility index (Phi) is 3.06. The third-order valence-electron chi connectivity index (χ3n) is 1.50. The Labute approximate surface area is 77.1 Å². The van der Waals surface area contributed by atoms with Gasteiger partial charge < -0.3 is 4.74 Å². The van der Waals surface area contributed by atoms with Crippen LogP contribution in [0.25, 0.3) is 0 Å². The number of hydrogen-bond donors (Lipinski definition) is 0. The van der Waals surface area contributed by atoms with Crippen LogP contribution in [0.4, 0.5) is 0 Å². The maximum Gasteiger partial charge on any atom is 0.266 e. The molecule has 4 nitrogen and oxygen atoms in total. The van der Waals surface area contributed by atoms with Gasteiger partial charge in [-0.1, -0.05) is 13.8 Å². The largest absolute Gasteiger partial charge is 0.476 e. The van der Waals surface area contributed by atoms with E-state index in [1.165, 1.54) is 10.7 Å². The first kappa shape index (κ1) is 9.77. The molecule has 0 saturated carbocycles. The molecule has 13 heavy (non-hydrogen) atoms. The molecule has 4 heteroatoms. The van der Waals surface area contributed by atoms with Crippen LogP contribution in [0, 0.1) is 5.92 Å². The molecule has 0 radical (unpaired) electrons. The molecule has 0 fully saturated rings. The van der Waals surface area contributed by atoms with Gasteiger partial charge in [0, 0.05) is 19.2 Å². The van der Waals surface area contributed by atoms with E-state index in [0.29, 0.717) is 18.4 Å². The summed E-state index contributed by atoms with van der Waals surface area (Å²) in [4.78, 5) is 11.0. The minimum Gasteiger partial charge on any atom is -0.476 e. The number of aryl methyl sites for hydroxylation is 1. The van der Waals surface area contributed by atoms with Gasteiger partial charge in [-0.05, 0) is 5.92 Å². The first-order valence-corrected chi connectivity index (χ1v) is 4.26. The molecule has 0 aliphatic carbocycles. The fraction of sp³-hybridized carbons (Fsp3) is 0.556. The molecule has 0 N–H and O–H groups in total. The Morgan fingerprint density at radius 2 is 2.23 bits per heavy atom. The molecule has 0 amide bonds. The second-order valence-electron chi connectivity index (χ2n) is 3.34. The molecule has 0 saturated heterocycles. The van der Waals surface area contributed by atoms with E-state index >= 15 is 0 Å². The summed E-state index contributed by atoms with van der Waals surface area (Å²) >= 11 is 0. The first-order valence-electron chi connectivity index (χ1n) is 4.26.